The Balaban J connectivity index is 1.68. The molecular weight excluding hydrogens is 304 g/mol. The molecule has 2 heterocycles. The topological polar surface area (TPSA) is 43.7 Å². The first-order chi connectivity index (χ1) is 11.6. The molecule has 1 aromatic carbocycles. The van der Waals surface area contributed by atoms with Crippen LogP contribution in [0.25, 0.3) is 10.9 Å². The van der Waals surface area contributed by atoms with Crippen molar-refractivity contribution in [3.63, 3.8) is 0 Å². The van der Waals surface area contributed by atoms with Crippen LogP contribution in [0.2, 0.25) is 0 Å². The number of carbonyl (C=O) groups is 1. The van der Waals surface area contributed by atoms with Crippen LogP contribution in [0.4, 0.5) is 0 Å². The smallest absolute Gasteiger partial charge is 0.223 e. The van der Waals surface area contributed by atoms with Crippen molar-refractivity contribution in [2.45, 2.75) is 31.4 Å². The lowest BCUT2D eigenvalue weighted by molar-refractivity contribution is -0.133. The standard InChI is InChI=1S/C19H26N2O3/c1-20-11-14(17-6-4-5-7-18(17)20)8-9-19(22)21-12-16(24-3)10-15(21)13-23-2/h4-7,11,15-16H,8-10,12-13H2,1-3H3/t15-,16+/m0/s1. The molecule has 0 saturated carbocycles. The second-order valence-electron chi connectivity index (χ2n) is 6.53. The van der Waals surface area contributed by atoms with Crippen molar-refractivity contribution in [1.29, 1.82) is 0 Å². The van der Waals surface area contributed by atoms with E-state index < -0.39 is 0 Å². The van der Waals surface area contributed by atoms with Gasteiger partial charge in [0.05, 0.1) is 18.8 Å². The molecule has 1 saturated heterocycles. The Bertz CT molecular complexity index is 710. The molecular formula is C19H26N2O3. The SMILES string of the molecule is COC[C@@H]1C[C@@H](OC)CN1C(=O)CCc1cn(C)c2ccccc12. The summed E-state index contributed by atoms with van der Waals surface area (Å²) >= 11 is 0. The minimum absolute atomic E-state index is 0.117. The van der Waals surface area contributed by atoms with Gasteiger partial charge in [0.1, 0.15) is 0 Å². The zero-order valence-electron chi connectivity index (χ0n) is 14.7. The third-order valence-electron chi connectivity index (χ3n) is 4.98. The van der Waals surface area contributed by atoms with Crippen LogP contribution in [0.3, 0.4) is 0 Å². The minimum Gasteiger partial charge on any atom is -0.383 e. The molecule has 3 rings (SSSR count). The van der Waals surface area contributed by atoms with Crippen molar-refractivity contribution in [3.05, 3.63) is 36.0 Å². The number of amides is 1. The van der Waals surface area contributed by atoms with Crippen molar-refractivity contribution in [2.75, 3.05) is 27.4 Å². The minimum atomic E-state index is 0.117. The van der Waals surface area contributed by atoms with E-state index in [9.17, 15) is 4.79 Å². The predicted molar refractivity (Wildman–Crippen MR) is 94.0 cm³/mol. The molecule has 0 spiro atoms. The Kier molecular flexibility index (Phi) is 5.21. The maximum Gasteiger partial charge on any atom is 0.223 e. The lowest BCUT2D eigenvalue weighted by atomic mass is 10.1. The van der Waals surface area contributed by atoms with E-state index in [1.807, 2.05) is 24.1 Å². The molecule has 0 unspecified atom stereocenters. The van der Waals surface area contributed by atoms with Crippen LogP contribution in [-0.4, -0.2) is 54.9 Å². The summed E-state index contributed by atoms with van der Waals surface area (Å²) in [5.41, 5.74) is 2.44. The van der Waals surface area contributed by atoms with E-state index in [4.69, 9.17) is 9.47 Å². The van der Waals surface area contributed by atoms with E-state index in [0.717, 1.165) is 12.8 Å². The van der Waals surface area contributed by atoms with Crippen molar-refractivity contribution >= 4 is 16.8 Å². The van der Waals surface area contributed by atoms with E-state index in [1.165, 1.54) is 16.5 Å². The molecule has 2 aromatic rings. The number of ether oxygens (including phenoxy) is 2. The zero-order chi connectivity index (χ0) is 17.1. The first-order valence-electron chi connectivity index (χ1n) is 8.48. The molecule has 0 aliphatic carbocycles. The van der Waals surface area contributed by atoms with Gasteiger partial charge in [-0.2, -0.15) is 0 Å². The number of rotatable bonds is 6. The van der Waals surface area contributed by atoms with Gasteiger partial charge in [0.2, 0.25) is 5.91 Å². The molecule has 1 aliphatic heterocycles. The quantitative estimate of drug-likeness (QED) is 0.817. The average Bonchev–Trinajstić information content (AvgIpc) is 3.15. The highest BCUT2D eigenvalue weighted by Crippen LogP contribution is 2.24. The van der Waals surface area contributed by atoms with E-state index in [2.05, 4.69) is 22.9 Å². The maximum absolute atomic E-state index is 12.7. The number of hydrogen-bond acceptors (Lipinski definition) is 3. The zero-order valence-corrected chi connectivity index (χ0v) is 14.7. The monoisotopic (exact) mass is 330 g/mol. The molecule has 1 aromatic heterocycles. The first kappa shape index (κ1) is 17.0. The van der Waals surface area contributed by atoms with Crippen LogP contribution in [0, 0.1) is 0 Å². The molecule has 1 fully saturated rings. The summed E-state index contributed by atoms with van der Waals surface area (Å²) in [6, 6.07) is 8.45. The second kappa shape index (κ2) is 7.36. The highest BCUT2D eigenvalue weighted by atomic mass is 16.5. The van der Waals surface area contributed by atoms with Crippen molar-refractivity contribution in [3.8, 4) is 0 Å². The largest absolute Gasteiger partial charge is 0.383 e. The van der Waals surface area contributed by atoms with E-state index in [1.54, 1.807) is 14.2 Å². The highest BCUT2D eigenvalue weighted by Gasteiger charge is 2.34. The van der Waals surface area contributed by atoms with Crippen LogP contribution >= 0.6 is 0 Å². The summed E-state index contributed by atoms with van der Waals surface area (Å²) in [4.78, 5) is 14.6. The molecule has 5 nitrogen and oxygen atoms in total. The number of benzene rings is 1. The third-order valence-corrected chi connectivity index (χ3v) is 4.98. The number of aromatic nitrogens is 1. The predicted octanol–water partition coefficient (Wildman–Crippen LogP) is 2.37. The average molecular weight is 330 g/mol. The number of nitrogens with zero attached hydrogens (tertiary/aromatic N) is 2. The summed E-state index contributed by atoms with van der Waals surface area (Å²) in [7, 11) is 5.43. The van der Waals surface area contributed by atoms with Crippen LogP contribution in [0.5, 0.6) is 0 Å². The van der Waals surface area contributed by atoms with Crippen LogP contribution < -0.4 is 0 Å². The van der Waals surface area contributed by atoms with E-state index in [-0.39, 0.29) is 18.1 Å². The Hall–Kier alpha value is -1.85. The summed E-state index contributed by atoms with van der Waals surface area (Å²) in [6.07, 6.45) is 4.38. The molecule has 24 heavy (non-hydrogen) atoms. The molecule has 1 amide bonds. The van der Waals surface area contributed by atoms with Crippen LogP contribution in [0.15, 0.2) is 30.5 Å². The third kappa shape index (κ3) is 3.32. The molecule has 1 aliphatic rings. The summed E-state index contributed by atoms with van der Waals surface area (Å²) < 4.78 is 12.8. The number of methoxy groups -OCH3 is 2. The van der Waals surface area contributed by atoms with Crippen molar-refractivity contribution in [1.82, 2.24) is 9.47 Å². The normalized spacial score (nSPS) is 20.9. The summed E-state index contributed by atoms with van der Waals surface area (Å²) in [6.45, 7) is 1.23. The Morgan fingerprint density at radius 3 is 2.83 bits per heavy atom. The van der Waals surface area contributed by atoms with E-state index in [0.29, 0.717) is 19.6 Å². The van der Waals surface area contributed by atoms with Crippen molar-refractivity contribution < 1.29 is 14.3 Å². The molecule has 0 radical (unpaired) electrons. The molecule has 0 N–H and O–H groups in total. The Morgan fingerprint density at radius 2 is 2.08 bits per heavy atom. The van der Waals surface area contributed by atoms with Gasteiger partial charge in [0.15, 0.2) is 0 Å². The van der Waals surface area contributed by atoms with Crippen molar-refractivity contribution in [2.24, 2.45) is 7.05 Å². The van der Waals surface area contributed by atoms with Crippen LogP contribution in [0.1, 0.15) is 18.4 Å². The lowest BCUT2D eigenvalue weighted by Crippen LogP contribution is -2.38. The number of likely N-dealkylation sites (tertiary alicyclic amines) is 1. The highest BCUT2D eigenvalue weighted by molar-refractivity contribution is 5.85. The van der Waals surface area contributed by atoms with Crippen LogP contribution in [-0.2, 0) is 27.7 Å². The van der Waals surface area contributed by atoms with Gasteiger partial charge >= 0.3 is 0 Å². The van der Waals surface area contributed by atoms with E-state index >= 15 is 0 Å². The number of carbonyl (C=O) groups excluding carboxylic acids is 1. The van der Waals surface area contributed by atoms with Gasteiger partial charge in [0, 0.05) is 51.3 Å². The number of aryl methyl sites for hydroxylation is 2. The maximum atomic E-state index is 12.7. The molecule has 0 bridgehead atoms. The van der Waals surface area contributed by atoms with Gasteiger partial charge in [-0.1, -0.05) is 18.2 Å². The lowest BCUT2D eigenvalue weighted by Gasteiger charge is -2.23. The molecule has 130 valence electrons. The van der Waals surface area contributed by atoms with Gasteiger partial charge in [0.25, 0.3) is 0 Å². The molecule has 2 atom stereocenters. The fourth-order valence-corrected chi connectivity index (χ4v) is 3.71. The summed E-state index contributed by atoms with van der Waals surface area (Å²) in [5, 5.41) is 1.23. The van der Waals surface area contributed by atoms with Gasteiger partial charge in [-0.3, -0.25) is 4.79 Å². The fraction of sp³-hybridized carbons (Fsp3) is 0.526. The second-order valence-corrected chi connectivity index (χ2v) is 6.53. The van der Waals surface area contributed by atoms with Gasteiger partial charge < -0.3 is 18.9 Å². The number of fused-ring (bicyclic) bond motifs is 1. The fourth-order valence-electron chi connectivity index (χ4n) is 3.71. The molecule has 5 heteroatoms. The summed E-state index contributed by atoms with van der Waals surface area (Å²) in [5.74, 6) is 0.185. The Labute approximate surface area is 143 Å². The van der Waals surface area contributed by atoms with Gasteiger partial charge in [-0.15, -0.1) is 0 Å². The van der Waals surface area contributed by atoms with Gasteiger partial charge in [-0.25, -0.2) is 0 Å². The number of hydrogen-bond donors (Lipinski definition) is 0. The Morgan fingerprint density at radius 1 is 1.29 bits per heavy atom. The number of para-hydroxylation sites is 1. The van der Waals surface area contributed by atoms with Gasteiger partial charge in [-0.05, 0) is 24.5 Å². The first-order valence-corrected chi connectivity index (χ1v) is 8.48.